The Labute approximate surface area is 229 Å². The molecule has 0 bridgehead atoms. The van der Waals surface area contributed by atoms with Gasteiger partial charge in [0.25, 0.3) is 5.56 Å². The standard InChI is InChI=1S/C30H27F2N5O3/c1-36-16-6-8-21(36)19-40-29-34-26(22-13-15-33-27(22)35-29)10-4-3-5-14-30(39,23-9-7-17-37(2)28(23)38)24-18-20(31)11-12-25(24)32/h7,9,11-13,15,17-18,21,39H,6,8,14,16,19H2,1-2H3,(H,33,34,35)/t21-,30?/m1/s1. The lowest BCUT2D eigenvalue weighted by Gasteiger charge is -2.27. The molecule has 4 heterocycles. The first-order valence-corrected chi connectivity index (χ1v) is 12.8. The van der Waals surface area contributed by atoms with Crippen molar-refractivity contribution in [3.8, 4) is 29.7 Å². The molecule has 0 saturated carbocycles. The van der Waals surface area contributed by atoms with E-state index in [0.717, 1.165) is 37.6 Å². The maximum absolute atomic E-state index is 14.8. The maximum atomic E-state index is 14.8. The van der Waals surface area contributed by atoms with E-state index in [4.69, 9.17) is 4.74 Å². The van der Waals surface area contributed by atoms with Gasteiger partial charge in [0.2, 0.25) is 0 Å². The first kappa shape index (κ1) is 27.1. The minimum Gasteiger partial charge on any atom is -0.462 e. The van der Waals surface area contributed by atoms with Crippen LogP contribution in [0, 0.1) is 35.3 Å². The highest BCUT2D eigenvalue weighted by Crippen LogP contribution is 2.33. The van der Waals surface area contributed by atoms with Gasteiger partial charge in [-0.1, -0.05) is 5.92 Å². The molecule has 4 aromatic rings. The molecule has 0 spiro atoms. The molecule has 0 amide bonds. The highest BCUT2D eigenvalue weighted by atomic mass is 19.1. The van der Waals surface area contributed by atoms with E-state index in [1.54, 1.807) is 12.3 Å². The molecule has 2 atom stereocenters. The molecule has 2 N–H and O–H groups in total. The van der Waals surface area contributed by atoms with Gasteiger partial charge in [0.05, 0.1) is 10.9 Å². The lowest BCUT2D eigenvalue weighted by molar-refractivity contribution is 0.0800. The van der Waals surface area contributed by atoms with Gasteiger partial charge in [-0.25, -0.2) is 8.78 Å². The van der Waals surface area contributed by atoms with Gasteiger partial charge >= 0.3 is 6.01 Å². The first-order chi connectivity index (χ1) is 19.3. The molecule has 204 valence electrons. The molecule has 0 aliphatic carbocycles. The zero-order chi connectivity index (χ0) is 28.3. The van der Waals surface area contributed by atoms with Crippen molar-refractivity contribution in [3.05, 3.63) is 87.6 Å². The summed E-state index contributed by atoms with van der Waals surface area (Å²) in [5.74, 6) is 9.32. The van der Waals surface area contributed by atoms with Gasteiger partial charge in [-0.3, -0.25) is 4.79 Å². The number of aliphatic hydroxyl groups is 1. The maximum Gasteiger partial charge on any atom is 0.319 e. The summed E-state index contributed by atoms with van der Waals surface area (Å²) < 4.78 is 35.9. The monoisotopic (exact) mass is 543 g/mol. The number of hydrogen-bond donors (Lipinski definition) is 2. The molecule has 1 aliphatic rings. The van der Waals surface area contributed by atoms with Crippen molar-refractivity contribution >= 4 is 11.0 Å². The minimum atomic E-state index is -2.21. The van der Waals surface area contributed by atoms with Gasteiger partial charge in [-0.15, -0.1) is 0 Å². The van der Waals surface area contributed by atoms with E-state index in [0.29, 0.717) is 29.4 Å². The lowest BCUT2D eigenvalue weighted by atomic mass is 9.84. The Morgan fingerprint density at radius 1 is 1.18 bits per heavy atom. The predicted octanol–water partition coefficient (Wildman–Crippen LogP) is 3.09. The van der Waals surface area contributed by atoms with E-state index in [2.05, 4.69) is 50.6 Å². The van der Waals surface area contributed by atoms with Crippen LogP contribution in [-0.2, 0) is 12.6 Å². The number of halogens is 2. The van der Waals surface area contributed by atoms with E-state index in [1.165, 1.54) is 29.9 Å². The number of aromatic nitrogens is 4. The number of likely N-dealkylation sites (N-methyl/N-ethyl adjacent to an activating group) is 1. The molecule has 1 aliphatic heterocycles. The SMILES string of the molecule is CN1CCC[C@@H]1COc1nc(C#CC#CCC(O)(c2cc(F)ccc2F)c2cccn(C)c2=O)c2cc[nH]c2n1. The van der Waals surface area contributed by atoms with E-state index in [9.17, 15) is 18.7 Å². The van der Waals surface area contributed by atoms with Crippen molar-refractivity contribution in [1.29, 1.82) is 0 Å². The fourth-order valence-corrected chi connectivity index (χ4v) is 4.81. The number of nitrogens with one attached hydrogen (secondary N) is 1. The fourth-order valence-electron chi connectivity index (χ4n) is 4.81. The summed E-state index contributed by atoms with van der Waals surface area (Å²) in [6.07, 6.45) is 4.98. The molecule has 0 radical (unpaired) electrons. The summed E-state index contributed by atoms with van der Waals surface area (Å²) in [5.41, 5.74) is -2.33. The van der Waals surface area contributed by atoms with Gasteiger partial charge in [0.15, 0.2) is 0 Å². The van der Waals surface area contributed by atoms with Crippen LogP contribution in [0.1, 0.15) is 36.1 Å². The number of rotatable bonds is 6. The number of likely N-dealkylation sites (tertiary alicyclic amines) is 1. The summed E-state index contributed by atoms with van der Waals surface area (Å²) in [4.78, 5) is 27.0. The average Bonchev–Trinajstić information content (AvgIpc) is 3.58. The highest BCUT2D eigenvalue weighted by Gasteiger charge is 2.36. The number of nitrogens with zero attached hydrogens (tertiary/aromatic N) is 4. The van der Waals surface area contributed by atoms with E-state index < -0.39 is 34.8 Å². The van der Waals surface area contributed by atoms with Crippen molar-refractivity contribution in [2.75, 3.05) is 20.2 Å². The molecule has 1 saturated heterocycles. The number of fused-ring (bicyclic) bond motifs is 1. The summed E-state index contributed by atoms with van der Waals surface area (Å²) in [6.45, 7) is 1.49. The van der Waals surface area contributed by atoms with Crippen LogP contribution in [-0.4, -0.2) is 55.8 Å². The Kier molecular flexibility index (Phi) is 7.65. The van der Waals surface area contributed by atoms with Crippen molar-refractivity contribution in [2.45, 2.75) is 30.9 Å². The normalized spacial score (nSPS) is 16.6. The second-order valence-corrected chi connectivity index (χ2v) is 9.73. The number of aryl methyl sites for hydroxylation is 1. The predicted molar refractivity (Wildman–Crippen MR) is 145 cm³/mol. The van der Waals surface area contributed by atoms with Crippen LogP contribution in [0.4, 0.5) is 8.78 Å². The van der Waals surface area contributed by atoms with Gasteiger partial charge in [-0.05, 0) is 80.6 Å². The van der Waals surface area contributed by atoms with Crippen molar-refractivity contribution in [1.82, 2.24) is 24.4 Å². The van der Waals surface area contributed by atoms with Crippen molar-refractivity contribution in [3.63, 3.8) is 0 Å². The smallest absolute Gasteiger partial charge is 0.319 e. The van der Waals surface area contributed by atoms with E-state index in [-0.39, 0.29) is 11.6 Å². The molecule has 10 heteroatoms. The Balaban J connectivity index is 1.43. The third-order valence-corrected chi connectivity index (χ3v) is 7.09. The third-order valence-electron chi connectivity index (χ3n) is 7.09. The molecule has 5 rings (SSSR count). The van der Waals surface area contributed by atoms with Crippen molar-refractivity contribution < 1.29 is 18.6 Å². The third kappa shape index (κ3) is 5.46. The molecule has 1 fully saturated rings. The van der Waals surface area contributed by atoms with Crippen LogP contribution in [0.5, 0.6) is 6.01 Å². The Morgan fingerprint density at radius 3 is 2.83 bits per heavy atom. The van der Waals surface area contributed by atoms with E-state index in [1.807, 2.05) is 0 Å². The number of H-pyrrole nitrogens is 1. The molecule has 8 nitrogen and oxygen atoms in total. The number of hydrogen-bond acceptors (Lipinski definition) is 6. The molecular formula is C30H27F2N5O3. The van der Waals surface area contributed by atoms with Crippen LogP contribution in [0.15, 0.2) is 53.6 Å². The highest BCUT2D eigenvalue weighted by molar-refractivity contribution is 5.81. The summed E-state index contributed by atoms with van der Waals surface area (Å²) in [5, 5.41) is 12.3. The van der Waals surface area contributed by atoms with Gasteiger partial charge < -0.3 is 24.3 Å². The number of aromatic amines is 1. The number of ether oxygens (including phenoxy) is 1. The molecule has 40 heavy (non-hydrogen) atoms. The second kappa shape index (κ2) is 11.3. The molecule has 1 unspecified atom stereocenters. The number of benzene rings is 1. The molecular weight excluding hydrogens is 516 g/mol. The Bertz CT molecular complexity index is 1740. The zero-order valence-corrected chi connectivity index (χ0v) is 22.0. The summed E-state index contributed by atoms with van der Waals surface area (Å²) in [7, 11) is 3.56. The Morgan fingerprint density at radius 2 is 2.02 bits per heavy atom. The number of pyridine rings is 1. The largest absolute Gasteiger partial charge is 0.462 e. The van der Waals surface area contributed by atoms with Crippen LogP contribution >= 0.6 is 0 Å². The first-order valence-electron chi connectivity index (χ1n) is 12.8. The van der Waals surface area contributed by atoms with Gasteiger partial charge in [0.1, 0.15) is 35.2 Å². The minimum absolute atomic E-state index is 0.135. The van der Waals surface area contributed by atoms with Crippen LogP contribution in [0.2, 0.25) is 0 Å². The second-order valence-electron chi connectivity index (χ2n) is 9.73. The zero-order valence-electron chi connectivity index (χ0n) is 22.0. The van der Waals surface area contributed by atoms with Gasteiger partial charge in [-0.2, -0.15) is 9.97 Å². The fraction of sp³-hybridized carbons (Fsp3) is 0.300. The van der Waals surface area contributed by atoms with Crippen LogP contribution in [0.3, 0.4) is 0 Å². The molecule has 1 aromatic carbocycles. The van der Waals surface area contributed by atoms with Crippen LogP contribution < -0.4 is 10.3 Å². The van der Waals surface area contributed by atoms with Crippen LogP contribution in [0.25, 0.3) is 11.0 Å². The van der Waals surface area contributed by atoms with Crippen molar-refractivity contribution in [2.24, 2.45) is 7.05 Å². The Hall–Kier alpha value is -4.51. The van der Waals surface area contributed by atoms with E-state index >= 15 is 0 Å². The van der Waals surface area contributed by atoms with Gasteiger partial charge in [0, 0.05) is 37.5 Å². The topological polar surface area (TPSA) is 96.3 Å². The quantitative estimate of drug-likeness (QED) is 0.363. The summed E-state index contributed by atoms with van der Waals surface area (Å²) >= 11 is 0. The molecule has 3 aromatic heterocycles. The lowest BCUT2D eigenvalue weighted by Crippen LogP contribution is -2.36. The average molecular weight is 544 g/mol. The summed E-state index contributed by atoms with van der Waals surface area (Å²) in [6, 6.07) is 7.89.